The van der Waals surface area contributed by atoms with Crippen molar-refractivity contribution in [2.75, 3.05) is 13.2 Å². The number of hydrogen-bond acceptors (Lipinski definition) is 3. The van der Waals surface area contributed by atoms with Crippen LogP contribution in [-0.4, -0.2) is 19.8 Å². The Morgan fingerprint density at radius 3 is 2.56 bits per heavy atom. The summed E-state index contributed by atoms with van der Waals surface area (Å²) in [5.74, 6) is 0.0819. The second kappa shape index (κ2) is 5.07. The van der Waals surface area contributed by atoms with Crippen LogP contribution in [0.5, 0.6) is 5.75 Å². The standard InChI is InChI=1S/C10H9BrF2O3/c11-7-3-6(9-14-1-2-15-9)4-8(5-7)16-10(12)13/h3-5,9-10H,1-2H2. The first kappa shape index (κ1) is 11.8. The summed E-state index contributed by atoms with van der Waals surface area (Å²) in [7, 11) is 0. The van der Waals surface area contributed by atoms with Crippen molar-refractivity contribution in [1.82, 2.24) is 0 Å². The van der Waals surface area contributed by atoms with Gasteiger partial charge in [0.05, 0.1) is 13.2 Å². The number of hydrogen-bond donors (Lipinski definition) is 0. The Morgan fingerprint density at radius 2 is 1.94 bits per heavy atom. The molecule has 1 saturated heterocycles. The molecule has 1 aromatic rings. The molecule has 0 N–H and O–H groups in total. The number of alkyl halides is 2. The highest BCUT2D eigenvalue weighted by Crippen LogP contribution is 2.30. The van der Waals surface area contributed by atoms with Gasteiger partial charge in [-0.25, -0.2) is 0 Å². The summed E-state index contributed by atoms with van der Waals surface area (Å²) in [5, 5.41) is 0. The predicted molar refractivity (Wildman–Crippen MR) is 55.4 cm³/mol. The summed E-state index contributed by atoms with van der Waals surface area (Å²) < 4.78 is 39.6. The number of benzene rings is 1. The number of ether oxygens (including phenoxy) is 3. The molecular weight excluding hydrogens is 286 g/mol. The fraction of sp³-hybridized carbons (Fsp3) is 0.400. The Hall–Kier alpha value is -0.720. The molecular formula is C10H9BrF2O3. The first-order valence-electron chi connectivity index (χ1n) is 4.63. The van der Waals surface area contributed by atoms with Gasteiger partial charge in [-0.05, 0) is 18.2 Å². The molecule has 0 spiro atoms. The SMILES string of the molecule is FC(F)Oc1cc(Br)cc(C2OCCO2)c1. The van der Waals surface area contributed by atoms with Crippen molar-refractivity contribution in [2.24, 2.45) is 0 Å². The third kappa shape index (κ3) is 2.90. The van der Waals surface area contributed by atoms with E-state index in [2.05, 4.69) is 20.7 Å². The maximum absolute atomic E-state index is 12.1. The van der Waals surface area contributed by atoms with Crippen molar-refractivity contribution >= 4 is 15.9 Å². The monoisotopic (exact) mass is 294 g/mol. The maximum atomic E-state index is 12.1. The normalized spacial score (nSPS) is 17.0. The van der Waals surface area contributed by atoms with Crippen molar-refractivity contribution in [3.05, 3.63) is 28.2 Å². The van der Waals surface area contributed by atoms with Crippen LogP contribution in [0.15, 0.2) is 22.7 Å². The minimum Gasteiger partial charge on any atom is -0.435 e. The maximum Gasteiger partial charge on any atom is 0.387 e. The predicted octanol–water partition coefficient (Wildman–Crippen LogP) is 3.10. The van der Waals surface area contributed by atoms with Gasteiger partial charge >= 0.3 is 6.61 Å². The lowest BCUT2D eigenvalue weighted by molar-refractivity contribution is -0.0533. The van der Waals surface area contributed by atoms with Gasteiger partial charge in [0.15, 0.2) is 6.29 Å². The van der Waals surface area contributed by atoms with Gasteiger partial charge in [-0.3, -0.25) is 0 Å². The van der Waals surface area contributed by atoms with E-state index in [-0.39, 0.29) is 5.75 Å². The molecule has 0 atom stereocenters. The van der Waals surface area contributed by atoms with E-state index in [1.807, 2.05) is 0 Å². The van der Waals surface area contributed by atoms with Gasteiger partial charge in [0, 0.05) is 10.0 Å². The van der Waals surface area contributed by atoms with Crippen molar-refractivity contribution in [3.8, 4) is 5.75 Å². The lowest BCUT2D eigenvalue weighted by atomic mass is 10.2. The molecule has 0 bridgehead atoms. The Kier molecular flexibility index (Phi) is 3.73. The van der Waals surface area contributed by atoms with Crippen LogP contribution in [0, 0.1) is 0 Å². The van der Waals surface area contributed by atoms with Gasteiger partial charge in [0.1, 0.15) is 5.75 Å². The summed E-state index contributed by atoms with van der Waals surface area (Å²) >= 11 is 3.21. The second-order valence-electron chi connectivity index (χ2n) is 3.17. The molecule has 0 saturated carbocycles. The summed E-state index contributed by atoms with van der Waals surface area (Å²) in [6.07, 6.45) is -0.502. The molecule has 0 amide bonds. The molecule has 0 aromatic heterocycles. The van der Waals surface area contributed by atoms with Gasteiger partial charge in [-0.1, -0.05) is 15.9 Å². The van der Waals surface area contributed by atoms with E-state index in [4.69, 9.17) is 9.47 Å². The average molecular weight is 295 g/mol. The van der Waals surface area contributed by atoms with Crippen LogP contribution < -0.4 is 4.74 Å². The summed E-state index contributed by atoms with van der Waals surface area (Å²) in [6.45, 7) is -1.84. The van der Waals surface area contributed by atoms with Crippen molar-refractivity contribution < 1.29 is 23.0 Å². The second-order valence-corrected chi connectivity index (χ2v) is 4.09. The van der Waals surface area contributed by atoms with E-state index in [1.54, 1.807) is 6.07 Å². The quantitative estimate of drug-likeness (QED) is 0.857. The fourth-order valence-electron chi connectivity index (χ4n) is 1.44. The van der Waals surface area contributed by atoms with E-state index in [0.717, 1.165) is 0 Å². The zero-order valence-corrected chi connectivity index (χ0v) is 9.75. The molecule has 1 heterocycles. The van der Waals surface area contributed by atoms with E-state index in [1.165, 1.54) is 12.1 Å². The summed E-state index contributed by atoms with van der Waals surface area (Å²) in [4.78, 5) is 0. The van der Waals surface area contributed by atoms with Gasteiger partial charge in [0.25, 0.3) is 0 Å². The minimum absolute atomic E-state index is 0.0819. The van der Waals surface area contributed by atoms with Crippen molar-refractivity contribution in [3.63, 3.8) is 0 Å². The van der Waals surface area contributed by atoms with Crippen molar-refractivity contribution in [1.29, 1.82) is 0 Å². The van der Waals surface area contributed by atoms with Crippen LogP contribution in [0.4, 0.5) is 8.78 Å². The lowest BCUT2D eigenvalue weighted by Gasteiger charge is -2.12. The lowest BCUT2D eigenvalue weighted by Crippen LogP contribution is -2.04. The highest BCUT2D eigenvalue weighted by Gasteiger charge is 2.19. The molecule has 1 aliphatic heterocycles. The topological polar surface area (TPSA) is 27.7 Å². The van der Waals surface area contributed by atoms with Gasteiger partial charge in [-0.2, -0.15) is 8.78 Å². The first-order valence-corrected chi connectivity index (χ1v) is 5.43. The molecule has 6 heteroatoms. The third-order valence-electron chi connectivity index (χ3n) is 2.01. The highest BCUT2D eigenvalue weighted by molar-refractivity contribution is 9.10. The number of halogens is 3. The molecule has 88 valence electrons. The van der Waals surface area contributed by atoms with Gasteiger partial charge < -0.3 is 14.2 Å². The largest absolute Gasteiger partial charge is 0.435 e. The van der Waals surface area contributed by atoms with E-state index >= 15 is 0 Å². The fourth-order valence-corrected chi connectivity index (χ4v) is 1.93. The minimum atomic E-state index is -2.84. The highest BCUT2D eigenvalue weighted by atomic mass is 79.9. The molecule has 1 aromatic carbocycles. The molecule has 0 unspecified atom stereocenters. The molecule has 1 fully saturated rings. The number of rotatable bonds is 3. The molecule has 1 aliphatic rings. The molecule has 0 aliphatic carbocycles. The average Bonchev–Trinajstić information content (AvgIpc) is 2.67. The van der Waals surface area contributed by atoms with Crippen LogP contribution in [0.3, 0.4) is 0 Å². The van der Waals surface area contributed by atoms with Crippen LogP contribution in [0.1, 0.15) is 11.9 Å². The Balaban J connectivity index is 2.20. The van der Waals surface area contributed by atoms with Crippen LogP contribution in [0.2, 0.25) is 0 Å². The van der Waals surface area contributed by atoms with Crippen LogP contribution in [-0.2, 0) is 9.47 Å². The Morgan fingerprint density at radius 1 is 1.25 bits per heavy atom. The van der Waals surface area contributed by atoms with E-state index < -0.39 is 12.9 Å². The zero-order valence-electron chi connectivity index (χ0n) is 8.16. The third-order valence-corrected chi connectivity index (χ3v) is 2.47. The zero-order chi connectivity index (χ0) is 11.5. The Bertz CT molecular complexity index is 367. The van der Waals surface area contributed by atoms with Gasteiger partial charge in [-0.15, -0.1) is 0 Å². The molecule has 3 nitrogen and oxygen atoms in total. The van der Waals surface area contributed by atoms with E-state index in [9.17, 15) is 8.78 Å². The van der Waals surface area contributed by atoms with Crippen LogP contribution in [0.25, 0.3) is 0 Å². The smallest absolute Gasteiger partial charge is 0.387 e. The molecule has 2 rings (SSSR count). The summed E-state index contributed by atoms with van der Waals surface area (Å²) in [5.41, 5.74) is 0.655. The van der Waals surface area contributed by atoms with Crippen molar-refractivity contribution in [2.45, 2.75) is 12.9 Å². The first-order chi connectivity index (χ1) is 7.65. The Labute approximate surface area is 99.4 Å². The molecule has 0 radical (unpaired) electrons. The van der Waals surface area contributed by atoms with E-state index in [0.29, 0.717) is 23.2 Å². The van der Waals surface area contributed by atoms with Crippen LogP contribution >= 0.6 is 15.9 Å². The summed E-state index contributed by atoms with van der Waals surface area (Å²) in [6, 6.07) is 4.69. The van der Waals surface area contributed by atoms with Gasteiger partial charge in [0.2, 0.25) is 0 Å². The molecule has 16 heavy (non-hydrogen) atoms.